The Morgan fingerprint density at radius 1 is 1.12 bits per heavy atom. The number of anilines is 3. The normalized spacial score (nSPS) is 11.4. The summed E-state index contributed by atoms with van der Waals surface area (Å²) in [5.41, 5.74) is 2.39. The van der Waals surface area contributed by atoms with Crippen LogP contribution in [0.2, 0.25) is 5.02 Å². The second-order valence-corrected chi connectivity index (χ2v) is 7.91. The minimum Gasteiger partial charge on any atom is -0.485 e. The van der Waals surface area contributed by atoms with Crippen LogP contribution in [0.1, 0.15) is 11.9 Å². The lowest BCUT2D eigenvalue weighted by molar-refractivity contribution is 0.306. The molecule has 0 fully saturated rings. The zero-order valence-corrected chi connectivity index (χ0v) is 19.1. The number of aliphatic imine (C=N–C) groups is 1. The Morgan fingerprint density at radius 3 is 2.75 bits per heavy atom. The molecule has 0 aliphatic carbocycles. The van der Waals surface area contributed by atoms with Gasteiger partial charge in [0, 0.05) is 35.4 Å². The maximum Gasteiger partial charge on any atom is 0.288 e. The maximum absolute atomic E-state index is 6.43. The molecule has 0 atom stereocenters. The second kappa shape index (κ2) is 10.3. The number of hydrogen-bond acceptors (Lipinski definition) is 8. The van der Waals surface area contributed by atoms with Crippen LogP contribution in [-0.4, -0.2) is 34.6 Å². The quantitative estimate of drug-likeness (QED) is 0.273. The topological polar surface area (TPSA) is 93.5 Å². The SMILES string of the molecule is CCOC(=NC)Nc1ccc2ncnc(Nc3ccc(OCc4nccs4)c(Cl)c3)c2c1. The first kappa shape index (κ1) is 21.8. The number of thiazole rings is 1. The molecule has 8 nitrogen and oxygen atoms in total. The number of hydrogen-bond donors (Lipinski definition) is 2. The van der Waals surface area contributed by atoms with Gasteiger partial charge in [0.2, 0.25) is 0 Å². The highest BCUT2D eigenvalue weighted by atomic mass is 35.5. The van der Waals surface area contributed by atoms with Gasteiger partial charge < -0.3 is 20.1 Å². The zero-order chi connectivity index (χ0) is 22.3. The van der Waals surface area contributed by atoms with Gasteiger partial charge in [0.05, 0.1) is 17.1 Å². The molecule has 0 aliphatic heterocycles. The van der Waals surface area contributed by atoms with E-state index in [0.717, 1.165) is 27.3 Å². The van der Waals surface area contributed by atoms with E-state index in [4.69, 9.17) is 21.1 Å². The highest BCUT2D eigenvalue weighted by molar-refractivity contribution is 7.09. The van der Waals surface area contributed by atoms with Gasteiger partial charge in [-0.05, 0) is 43.3 Å². The molecule has 10 heteroatoms. The predicted octanol–water partition coefficient (Wildman–Crippen LogP) is 5.50. The molecule has 2 N–H and O–H groups in total. The molecule has 0 aliphatic rings. The molecule has 2 heterocycles. The lowest BCUT2D eigenvalue weighted by atomic mass is 10.2. The number of fused-ring (bicyclic) bond motifs is 1. The minimum atomic E-state index is 0.376. The van der Waals surface area contributed by atoms with Gasteiger partial charge in [-0.15, -0.1) is 11.3 Å². The first-order valence-electron chi connectivity index (χ1n) is 9.85. The van der Waals surface area contributed by atoms with Crippen molar-refractivity contribution in [1.29, 1.82) is 0 Å². The molecule has 4 aromatic rings. The van der Waals surface area contributed by atoms with E-state index in [-0.39, 0.29) is 0 Å². The fourth-order valence-corrected chi connectivity index (χ4v) is 3.71. The van der Waals surface area contributed by atoms with Crippen LogP contribution in [0.5, 0.6) is 5.75 Å². The summed E-state index contributed by atoms with van der Waals surface area (Å²) in [6.07, 6.45) is 3.27. The lowest BCUT2D eigenvalue weighted by Gasteiger charge is -2.13. The molecule has 0 radical (unpaired) electrons. The number of benzene rings is 2. The molecule has 2 aromatic heterocycles. The van der Waals surface area contributed by atoms with E-state index in [1.807, 2.05) is 42.6 Å². The number of halogens is 1. The fraction of sp³-hybridized carbons (Fsp3) is 0.182. The number of nitrogens with one attached hydrogen (secondary N) is 2. The third-order valence-electron chi connectivity index (χ3n) is 4.40. The highest BCUT2D eigenvalue weighted by Crippen LogP contribution is 2.31. The van der Waals surface area contributed by atoms with Gasteiger partial charge in [-0.2, -0.15) is 0 Å². The monoisotopic (exact) mass is 468 g/mol. The summed E-state index contributed by atoms with van der Waals surface area (Å²) in [6.45, 7) is 2.80. The third kappa shape index (κ3) is 5.24. The Kier molecular flexibility index (Phi) is 6.98. The first-order chi connectivity index (χ1) is 15.7. The molecule has 0 amide bonds. The van der Waals surface area contributed by atoms with Gasteiger partial charge in [-0.25, -0.2) is 19.9 Å². The van der Waals surface area contributed by atoms with Crippen LogP contribution >= 0.6 is 22.9 Å². The van der Waals surface area contributed by atoms with Gasteiger partial charge in [0.1, 0.15) is 29.5 Å². The van der Waals surface area contributed by atoms with Crippen molar-refractivity contribution in [2.75, 3.05) is 24.3 Å². The number of nitrogens with zero attached hydrogens (tertiary/aromatic N) is 4. The van der Waals surface area contributed by atoms with E-state index in [0.29, 0.717) is 35.8 Å². The summed E-state index contributed by atoms with van der Waals surface area (Å²) in [7, 11) is 1.67. The van der Waals surface area contributed by atoms with Crippen LogP contribution in [0.25, 0.3) is 10.9 Å². The Labute approximate surface area is 194 Å². The average Bonchev–Trinajstić information content (AvgIpc) is 3.32. The molecule has 0 bridgehead atoms. The van der Waals surface area contributed by atoms with Gasteiger partial charge >= 0.3 is 0 Å². The van der Waals surface area contributed by atoms with Crippen LogP contribution in [-0.2, 0) is 11.3 Å². The van der Waals surface area contributed by atoms with Crippen LogP contribution in [0.4, 0.5) is 17.2 Å². The lowest BCUT2D eigenvalue weighted by Crippen LogP contribution is -2.15. The number of rotatable bonds is 7. The molecule has 164 valence electrons. The Bertz CT molecular complexity index is 1230. The summed E-state index contributed by atoms with van der Waals surface area (Å²) in [5, 5.41) is 10.6. The molecule has 2 aromatic carbocycles. The summed E-state index contributed by atoms with van der Waals surface area (Å²) < 4.78 is 11.2. The smallest absolute Gasteiger partial charge is 0.288 e. The van der Waals surface area contributed by atoms with Crippen molar-refractivity contribution in [2.24, 2.45) is 4.99 Å². The first-order valence-corrected chi connectivity index (χ1v) is 11.1. The maximum atomic E-state index is 6.43. The van der Waals surface area contributed by atoms with Gasteiger partial charge in [-0.1, -0.05) is 11.6 Å². The van der Waals surface area contributed by atoms with Crippen LogP contribution in [0, 0.1) is 0 Å². The Morgan fingerprint density at radius 2 is 2.00 bits per heavy atom. The fourth-order valence-electron chi connectivity index (χ4n) is 2.95. The summed E-state index contributed by atoms with van der Waals surface area (Å²) in [6, 6.07) is 11.7. The molecule has 32 heavy (non-hydrogen) atoms. The number of aromatic nitrogens is 3. The average molecular weight is 469 g/mol. The van der Waals surface area contributed by atoms with E-state index in [2.05, 4.69) is 30.6 Å². The Hall–Kier alpha value is -3.43. The van der Waals surface area contributed by atoms with Crippen LogP contribution < -0.4 is 15.4 Å². The minimum absolute atomic E-state index is 0.376. The van der Waals surface area contributed by atoms with Crippen molar-refractivity contribution < 1.29 is 9.47 Å². The van der Waals surface area contributed by atoms with E-state index in [9.17, 15) is 0 Å². The van der Waals surface area contributed by atoms with Crippen molar-refractivity contribution in [3.05, 3.63) is 64.3 Å². The standard InChI is InChI=1S/C22H21ClN6O2S/c1-3-30-22(24-2)29-14-4-6-18-16(10-14)21(27-13-26-18)28-15-5-7-19(17(23)11-15)31-12-20-25-8-9-32-20/h4-11,13H,3,12H2,1-2H3,(H,24,29)(H,26,27,28). The van der Waals surface area contributed by atoms with Crippen molar-refractivity contribution >= 4 is 57.1 Å². The van der Waals surface area contributed by atoms with E-state index in [1.165, 1.54) is 17.7 Å². The van der Waals surface area contributed by atoms with E-state index in [1.54, 1.807) is 19.3 Å². The number of amidine groups is 1. The highest BCUT2D eigenvalue weighted by Gasteiger charge is 2.09. The summed E-state index contributed by atoms with van der Waals surface area (Å²) >= 11 is 7.97. The summed E-state index contributed by atoms with van der Waals surface area (Å²) in [5.74, 6) is 1.24. The molecule has 0 saturated carbocycles. The van der Waals surface area contributed by atoms with E-state index >= 15 is 0 Å². The molecule has 0 spiro atoms. The molecular formula is C22H21ClN6O2S. The van der Waals surface area contributed by atoms with E-state index < -0.39 is 0 Å². The molecular weight excluding hydrogens is 448 g/mol. The van der Waals surface area contributed by atoms with Crippen molar-refractivity contribution in [1.82, 2.24) is 15.0 Å². The van der Waals surface area contributed by atoms with Gasteiger partial charge in [0.25, 0.3) is 6.02 Å². The molecule has 0 saturated heterocycles. The van der Waals surface area contributed by atoms with Gasteiger partial charge in [0.15, 0.2) is 0 Å². The second-order valence-electron chi connectivity index (χ2n) is 6.53. The third-order valence-corrected chi connectivity index (χ3v) is 5.45. The molecule has 4 rings (SSSR count). The summed E-state index contributed by atoms with van der Waals surface area (Å²) in [4.78, 5) is 17.1. The van der Waals surface area contributed by atoms with Crippen molar-refractivity contribution in [3.8, 4) is 5.75 Å². The van der Waals surface area contributed by atoms with Crippen molar-refractivity contribution in [2.45, 2.75) is 13.5 Å². The predicted molar refractivity (Wildman–Crippen MR) is 129 cm³/mol. The Balaban J connectivity index is 1.54. The van der Waals surface area contributed by atoms with Crippen LogP contribution in [0.3, 0.4) is 0 Å². The molecule has 0 unspecified atom stereocenters. The van der Waals surface area contributed by atoms with Gasteiger partial charge in [-0.3, -0.25) is 0 Å². The van der Waals surface area contributed by atoms with Crippen molar-refractivity contribution in [3.63, 3.8) is 0 Å². The number of ether oxygens (including phenoxy) is 2. The largest absolute Gasteiger partial charge is 0.485 e. The van der Waals surface area contributed by atoms with Crippen LogP contribution in [0.15, 0.2) is 59.3 Å². The zero-order valence-electron chi connectivity index (χ0n) is 17.5.